The molecule has 0 amide bonds. The third-order valence-electron chi connectivity index (χ3n) is 3.91. The zero-order chi connectivity index (χ0) is 19.1. The van der Waals surface area contributed by atoms with Crippen molar-refractivity contribution in [3.8, 4) is 11.5 Å². The Hall–Kier alpha value is -1.24. The van der Waals surface area contributed by atoms with Crippen LogP contribution in [0.4, 0.5) is 0 Å². The van der Waals surface area contributed by atoms with Crippen LogP contribution in [0.5, 0.6) is 11.5 Å². The molecule has 1 N–H and O–H groups in total. The number of benzene rings is 2. The summed E-state index contributed by atoms with van der Waals surface area (Å²) in [5, 5.41) is 6.25. The number of thiophene rings is 1. The molecule has 150 valence electrons. The SMILES string of the molecule is CCOc1cc(CNCc2cccs2)cc(Br)c1OCc1ccccc1Cl.Cl. The van der Waals surface area contributed by atoms with Crippen molar-refractivity contribution in [1.29, 1.82) is 0 Å². The van der Waals surface area contributed by atoms with Crippen molar-refractivity contribution in [3.05, 3.63) is 79.4 Å². The Morgan fingerprint density at radius 2 is 1.89 bits per heavy atom. The Bertz CT molecular complexity index is 875. The van der Waals surface area contributed by atoms with Gasteiger partial charge in [0, 0.05) is 28.6 Å². The Balaban J connectivity index is 0.00000280. The molecule has 0 aliphatic rings. The second-order valence-electron chi connectivity index (χ2n) is 5.90. The molecule has 2 aromatic carbocycles. The van der Waals surface area contributed by atoms with Crippen molar-refractivity contribution in [2.45, 2.75) is 26.6 Å². The van der Waals surface area contributed by atoms with E-state index in [1.54, 1.807) is 11.3 Å². The molecule has 3 aromatic rings. The van der Waals surface area contributed by atoms with Gasteiger partial charge in [0.25, 0.3) is 0 Å². The number of ether oxygens (including phenoxy) is 2. The molecule has 0 radical (unpaired) electrons. The minimum absolute atomic E-state index is 0. The number of hydrogen-bond donors (Lipinski definition) is 1. The van der Waals surface area contributed by atoms with E-state index in [0.29, 0.717) is 24.0 Å². The maximum absolute atomic E-state index is 6.23. The highest BCUT2D eigenvalue weighted by molar-refractivity contribution is 9.10. The summed E-state index contributed by atoms with van der Waals surface area (Å²) in [5.41, 5.74) is 2.07. The van der Waals surface area contributed by atoms with E-state index < -0.39 is 0 Å². The van der Waals surface area contributed by atoms with Gasteiger partial charge in [0.05, 0.1) is 11.1 Å². The fourth-order valence-electron chi connectivity index (χ4n) is 2.64. The van der Waals surface area contributed by atoms with Crippen molar-refractivity contribution in [1.82, 2.24) is 5.32 Å². The van der Waals surface area contributed by atoms with E-state index in [4.69, 9.17) is 21.1 Å². The summed E-state index contributed by atoms with van der Waals surface area (Å²) in [6, 6.07) is 16.0. The van der Waals surface area contributed by atoms with Crippen LogP contribution < -0.4 is 14.8 Å². The van der Waals surface area contributed by atoms with Gasteiger partial charge in [0.15, 0.2) is 11.5 Å². The molecule has 1 heterocycles. The van der Waals surface area contributed by atoms with Gasteiger partial charge < -0.3 is 14.8 Å². The lowest BCUT2D eigenvalue weighted by atomic mass is 10.2. The molecule has 1 aromatic heterocycles. The van der Waals surface area contributed by atoms with Crippen molar-refractivity contribution in [3.63, 3.8) is 0 Å². The summed E-state index contributed by atoms with van der Waals surface area (Å²) >= 11 is 11.6. The highest BCUT2D eigenvalue weighted by Crippen LogP contribution is 2.37. The minimum atomic E-state index is 0. The number of rotatable bonds is 9. The molecular formula is C21H22BrCl2NO2S. The van der Waals surface area contributed by atoms with Crippen molar-refractivity contribution in [2.75, 3.05) is 6.61 Å². The van der Waals surface area contributed by atoms with Gasteiger partial charge in [0.1, 0.15) is 6.61 Å². The summed E-state index contributed by atoms with van der Waals surface area (Å²) in [6.45, 7) is 4.52. The van der Waals surface area contributed by atoms with Crippen LogP contribution in [-0.2, 0) is 19.7 Å². The van der Waals surface area contributed by atoms with Crippen LogP contribution in [0.2, 0.25) is 5.02 Å². The predicted molar refractivity (Wildman–Crippen MR) is 123 cm³/mol. The first-order valence-electron chi connectivity index (χ1n) is 8.72. The minimum Gasteiger partial charge on any atom is -0.490 e. The van der Waals surface area contributed by atoms with Crippen LogP contribution in [0.15, 0.2) is 58.4 Å². The third kappa shape index (κ3) is 6.39. The van der Waals surface area contributed by atoms with Crippen LogP contribution in [0, 0.1) is 0 Å². The summed E-state index contributed by atoms with van der Waals surface area (Å²) in [6.07, 6.45) is 0. The predicted octanol–water partition coefficient (Wildman–Crippen LogP) is 6.85. The lowest BCUT2D eigenvalue weighted by molar-refractivity contribution is 0.267. The van der Waals surface area contributed by atoms with Crippen LogP contribution in [-0.4, -0.2) is 6.61 Å². The normalized spacial score (nSPS) is 10.4. The second kappa shape index (κ2) is 11.7. The Morgan fingerprint density at radius 3 is 2.61 bits per heavy atom. The van der Waals surface area contributed by atoms with Gasteiger partial charge >= 0.3 is 0 Å². The van der Waals surface area contributed by atoms with E-state index in [1.165, 1.54) is 4.88 Å². The second-order valence-corrected chi connectivity index (χ2v) is 8.19. The third-order valence-corrected chi connectivity index (χ3v) is 5.74. The largest absolute Gasteiger partial charge is 0.490 e. The molecule has 0 spiro atoms. The molecule has 0 bridgehead atoms. The maximum atomic E-state index is 6.23. The molecule has 0 aliphatic carbocycles. The van der Waals surface area contributed by atoms with Crippen molar-refractivity contribution in [2.24, 2.45) is 0 Å². The van der Waals surface area contributed by atoms with E-state index in [-0.39, 0.29) is 12.4 Å². The van der Waals surface area contributed by atoms with Crippen LogP contribution in [0.3, 0.4) is 0 Å². The van der Waals surface area contributed by atoms with E-state index in [1.807, 2.05) is 37.3 Å². The lowest BCUT2D eigenvalue weighted by Crippen LogP contribution is -2.12. The average molecular weight is 503 g/mol. The van der Waals surface area contributed by atoms with Crippen LogP contribution in [0.25, 0.3) is 0 Å². The monoisotopic (exact) mass is 501 g/mol. The van der Waals surface area contributed by atoms with Gasteiger partial charge in [-0.1, -0.05) is 35.9 Å². The molecule has 0 fully saturated rings. The van der Waals surface area contributed by atoms with Gasteiger partial charge in [-0.2, -0.15) is 0 Å². The molecule has 28 heavy (non-hydrogen) atoms. The highest BCUT2D eigenvalue weighted by Gasteiger charge is 2.13. The van der Waals surface area contributed by atoms with Crippen molar-refractivity contribution >= 4 is 51.3 Å². The highest BCUT2D eigenvalue weighted by atomic mass is 79.9. The van der Waals surface area contributed by atoms with Gasteiger partial charge in [0.2, 0.25) is 0 Å². The maximum Gasteiger partial charge on any atom is 0.175 e. The average Bonchev–Trinajstić information content (AvgIpc) is 3.16. The number of hydrogen-bond acceptors (Lipinski definition) is 4. The van der Waals surface area contributed by atoms with Gasteiger partial charge in [-0.3, -0.25) is 0 Å². The van der Waals surface area contributed by atoms with Crippen LogP contribution in [0.1, 0.15) is 22.9 Å². The number of nitrogens with one attached hydrogen (secondary N) is 1. The molecule has 3 rings (SSSR count). The first-order chi connectivity index (χ1) is 13.2. The number of halogens is 3. The smallest absolute Gasteiger partial charge is 0.175 e. The zero-order valence-electron chi connectivity index (χ0n) is 15.4. The van der Waals surface area contributed by atoms with Gasteiger partial charge in [-0.15, -0.1) is 23.7 Å². The molecule has 0 atom stereocenters. The van der Waals surface area contributed by atoms with E-state index >= 15 is 0 Å². The Morgan fingerprint density at radius 1 is 1.07 bits per heavy atom. The van der Waals surface area contributed by atoms with E-state index in [0.717, 1.165) is 34.4 Å². The van der Waals surface area contributed by atoms with E-state index in [2.05, 4.69) is 44.8 Å². The summed E-state index contributed by atoms with van der Waals surface area (Å²) in [5.74, 6) is 1.42. The lowest BCUT2D eigenvalue weighted by Gasteiger charge is -2.16. The molecule has 0 unspecified atom stereocenters. The Kier molecular flexibility index (Phi) is 9.62. The summed E-state index contributed by atoms with van der Waals surface area (Å²) < 4.78 is 12.7. The zero-order valence-corrected chi connectivity index (χ0v) is 19.4. The molecule has 0 saturated carbocycles. The van der Waals surface area contributed by atoms with E-state index in [9.17, 15) is 0 Å². The summed E-state index contributed by atoms with van der Waals surface area (Å²) in [7, 11) is 0. The Labute approximate surface area is 189 Å². The molecular weight excluding hydrogens is 481 g/mol. The summed E-state index contributed by atoms with van der Waals surface area (Å²) in [4.78, 5) is 1.32. The quantitative estimate of drug-likeness (QED) is 0.347. The molecule has 7 heteroatoms. The molecule has 0 aliphatic heterocycles. The fraction of sp³-hybridized carbons (Fsp3) is 0.238. The fourth-order valence-corrected chi connectivity index (χ4v) is 4.10. The topological polar surface area (TPSA) is 30.5 Å². The first-order valence-corrected chi connectivity index (χ1v) is 10.8. The molecule has 3 nitrogen and oxygen atoms in total. The van der Waals surface area contributed by atoms with Crippen molar-refractivity contribution < 1.29 is 9.47 Å². The van der Waals surface area contributed by atoms with Gasteiger partial charge in [-0.25, -0.2) is 0 Å². The standard InChI is InChI=1S/C21H21BrClNO2S.ClH/c1-2-25-20-11-15(12-24-13-17-7-5-9-27-17)10-18(22)21(20)26-14-16-6-3-4-8-19(16)23;/h3-11,24H,2,12-14H2,1H3;1H. The van der Waals surface area contributed by atoms with Crippen LogP contribution >= 0.6 is 51.3 Å². The van der Waals surface area contributed by atoms with Gasteiger partial charge in [-0.05, 0) is 58.1 Å². The first kappa shape index (κ1) is 23.0. The molecule has 0 saturated heterocycles.